The molecule has 0 radical (unpaired) electrons. The van der Waals surface area contributed by atoms with Crippen LogP contribution in [0.25, 0.3) is 0 Å². The first-order valence-electron chi connectivity index (χ1n) is 10.7. The van der Waals surface area contributed by atoms with Gasteiger partial charge in [0, 0.05) is 19.6 Å². The van der Waals surface area contributed by atoms with E-state index in [0.29, 0.717) is 25.4 Å². The number of hydrogen-bond donors (Lipinski definition) is 1. The van der Waals surface area contributed by atoms with Crippen molar-refractivity contribution in [3.05, 3.63) is 59.2 Å². The molecule has 2 amide bonds. The van der Waals surface area contributed by atoms with Crippen LogP contribution in [0.5, 0.6) is 11.5 Å². The summed E-state index contributed by atoms with van der Waals surface area (Å²) in [6.45, 7) is 8.03. The Hall–Kier alpha value is -2.73. The second-order valence-corrected chi connectivity index (χ2v) is 7.48. The van der Waals surface area contributed by atoms with Gasteiger partial charge in [0.1, 0.15) is 0 Å². The number of urea groups is 1. The molecular weight excluding hydrogens is 378 g/mol. The summed E-state index contributed by atoms with van der Waals surface area (Å²) in [7, 11) is 3.28. The zero-order valence-corrected chi connectivity index (χ0v) is 18.5. The molecule has 1 N–H and O–H groups in total. The summed E-state index contributed by atoms with van der Waals surface area (Å²) >= 11 is 0. The molecule has 0 spiro atoms. The highest BCUT2D eigenvalue weighted by Crippen LogP contribution is 2.33. The smallest absolute Gasteiger partial charge is 0.317 e. The average molecular weight is 412 g/mol. The zero-order chi connectivity index (χ0) is 21.5. The van der Waals surface area contributed by atoms with E-state index in [1.807, 2.05) is 23.1 Å². The summed E-state index contributed by atoms with van der Waals surface area (Å²) in [6, 6.07) is 14.5. The van der Waals surface area contributed by atoms with Crippen molar-refractivity contribution < 1.29 is 14.3 Å². The predicted octanol–water partition coefficient (Wildman–Crippen LogP) is 3.85. The molecule has 1 aliphatic rings. The van der Waals surface area contributed by atoms with Gasteiger partial charge in [-0.15, -0.1) is 0 Å². The quantitative estimate of drug-likeness (QED) is 0.717. The molecule has 1 unspecified atom stereocenters. The molecule has 2 aromatic rings. The van der Waals surface area contributed by atoms with Crippen molar-refractivity contribution in [2.75, 3.05) is 40.4 Å². The summed E-state index contributed by atoms with van der Waals surface area (Å²) in [5, 5.41) is 3.17. The molecule has 162 valence electrons. The van der Waals surface area contributed by atoms with Crippen LogP contribution in [0.1, 0.15) is 36.6 Å². The minimum atomic E-state index is -0.0245. The van der Waals surface area contributed by atoms with Crippen LogP contribution in [0, 0.1) is 0 Å². The van der Waals surface area contributed by atoms with Gasteiger partial charge in [-0.25, -0.2) is 4.79 Å². The van der Waals surface area contributed by atoms with Gasteiger partial charge in [0.2, 0.25) is 0 Å². The third-order valence-corrected chi connectivity index (χ3v) is 5.89. The molecule has 6 nitrogen and oxygen atoms in total. The van der Waals surface area contributed by atoms with Crippen LogP contribution in [0.3, 0.4) is 0 Å². The lowest BCUT2D eigenvalue weighted by molar-refractivity contribution is 0.178. The Kier molecular flexibility index (Phi) is 7.57. The van der Waals surface area contributed by atoms with Crippen LogP contribution in [0.4, 0.5) is 4.79 Å². The molecule has 0 saturated heterocycles. The fraction of sp³-hybridized carbons (Fsp3) is 0.458. The van der Waals surface area contributed by atoms with Gasteiger partial charge in [-0.2, -0.15) is 0 Å². The Morgan fingerprint density at radius 1 is 1.07 bits per heavy atom. The number of hydrogen-bond acceptors (Lipinski definition) is 4. The summed E-state index contributed by atoms with van der Waals surface area (Å²) in [5.41, 5.74) is 3.54. The second kappa shape index (κ2) is 10.3. The maximum absolute atomic E-state index is 13.0. The molecule has 0 fully saturated rings. The minimum absolute atomic E-state index is 0.0245. The third-order valence-electron chi connectivity index (χ3n) is 5.89. The molecule has 1 aliphatic heterocycles. The van der Waals surface area contributed by atoms with Gasteiger partial charge in [0.15, 0.2) is 11.5 Å². The number of nitrogens with zero attached hydrogens (tertiary/aromatic N) is 2. The number of carbonyl (C=O) groups is 1. The van der Waals surface area contributed by atoms with Crippen LogP contribution in [-0.4, -0.2) is 56.2 Å². The van der Waals surface area contributed by atoms with E-state index >= 15 is 0 Å². The highest BCUT2D eigenvalue weighted by molar-refractivity contribution is 5.74. The molecule has 0 bridgehead atoms. The van der Waals surface area contributed by atoms with Gasteiger partial charge >= 0.3 is 6.03 Å². The Balaban J connectivity index is 1.68. The van der Waals surface area contributed by atoms with Crippen molar-refractivity contribution in [1.82, 2.24) is 15.1 Å². The fourth-order valence-electron chi connectivity index (χ4n) is 4.15. The summed E-state index contributed by atoms with van der Waals surface area (Å²) < 4.78 is 10.8. The van der Waals surface area contributed by atoms with Crippen molar-refractivity contribution in [3.63, 3.8) is 0 Å². The number of amides is 2. The molecule has 1 heterocycles. The highest BCUT2D eigenvalue weighted by atomic mass is 16.5. The average Bonchev–Trinajstić information content (AvgIpc) is 2.80. The maximum atomic E-state index is 13.0. The van der Waals surface area contributed by atoms with Crippen LogP contribution >= 0.6 is 0 Å². The first-order chi connectivity index (χ1) is 14.6. The summed E-state index contributed by atoms with van der Waals surface area (Å²) in [6.07, 6.45) is 0.807. The number of nitrogens with one attached hydrogen (secondary N) is 1. The van der Waals surface area contributed by atoms with E-state index < -0.39 is 0 Å². The molecular formula is C24H33N3O3. The van der Waals surface area contributed by atoms with Gasteiger partial charge in [-0.3, -0.25) is 4.90 Å². The Morgan fingerprint density at radius 3 is 2.30 bits per heavy atom. The van der Waals surface area contributed by atoms with Gasteiger partial charge in [-0.05, 0) is 48.3 Å². The van der Waals surface area contributed by atoms with E-state index in [-0.39, 0.29) is 12.1 Å². The lowest BCUT2D eigenvalue weighted by Crippen LogP contribution is -2.46. The van der Waals surface area contributed by atoms with E-state index in [0.717, 1.165) is 30.8 Å². The van der Waals surface area contributed by atoms with Crippen LogP contribution in [0.2, 0.25) is 0 Å². The summed E-state index contributed by atoms with van der Waals surface area (Å²) in [4.78, 5) is 17.2. The number of benzene rings is 2. The highest BCUT2D eigenvalue weighted by Gasteiger charge is 2.24. The molecule has 3 rings (SSSR count). The van der Waals surface area contributed by atoms with Crippen molar-refractivity contribution in [2.45, 2.75) is 32.9 Å². The van der Waals surface area contributed by atoms with Crippen molar-refractivity contribution in [1.29, 1.82) is 0 Å². The number of fused-ring (bicyclic) bond motifs is 1. The van der Waals surface area contributed by atoms with Gasteiger partial charge in [0.25, 0.3) is 0 Å². The molecule has 0 saturated carbocycles. The van der Waals surface area contributed by atoms with Crippen LogP contribution in [0.15, 0.2) is 42.5 Å². The van der Waals surface area contributed by atoms with Crippen LogP contribution in [-0.2, 0) is 13.0 Å². The van der Waals surface area contributed by atoms with Crippen molar-refractivity contribution in [3.8, 4) is 11.5 Å². The van der Waals surface area contributed by atoms with E-state index in [1.54, 1.807) is 14.2 Å². The van der Waals surface area contributed by atoms with Gasteiger partial charge in [0.05, 0.1) is 20.3 Å². The van der Waals surface area contributed by atoms with Crippen molar-refractivity contribution in [2.24, 2.45) is 0 Å². The van der Waals surface area contributed by atoms with Gasteiger partial charge < -0.3 is 19.7 Å². The topological polar surface area (TPSA) is 54.0 Å². The van der Waals surface area contributed by atoms with E-state index in [1.165, 1.54) is 11.1 Å². The largest absolute Gasteiger partial charge is 0.493 e. The number of ether oxygens (including phenoxy) is 2. The number of likely N-dealkylation sites (N-methyl/N-ethyl adjacent to an activating group) is 1. The SMILES string of the molecule is CCN(CC)C(CNC(=O)N1CCc2cc(OC)c(OC)cc2C1)c1ccccc1. The maximum Gasteiger partial charge on any atom is 0.317 e. The third kappa shape index (κ3) is 4.87. The lowest BCUT2D eigenvalue weighted by Gasteiger charge is -2.33. The summed E-state index contributed by atoms with van der Waals surface area (Å²) in [5.74, 6) is 1.43. The lowest BCUT2D eigenvalue weighted by atomic mass is 9.99. The molecule has 0 aromatic heterocycles. The van der Waals surface area contributed by atoms with E-state index in [4.69, 9.17) is 9.47 Å². The minimum Gasteiger partial charge on any atom is -0.493 e. The van der Waals surface area contributed by atoms with Gasteiger partial charge in [-0.1, -0.05) is 44.2 Å². The number of rotatable bonds is 8. The Bertz CT molecular complexity index is 837. The second-order valence-electron chi connectivity index (χ2n) is 7.48. The monoisotopic (exact) mass is 411 g/mol. The Labute approximate surface area is 179 Å². The zero-order valence-electron chi connectivity index (χ0n) is 18.5. The number of carbonyl (C=O) groups excluding carboxylic acids is 1. The first kappa shape index (κ1) is 22.0. The fourth-order valence-corrected chi connectivity index (χ4v) is 4.15. The molecule has 2 aromatic carbocycles. The Morgan fingerprint density at radius 2 is 1.70 bits per heavy atom. The normalized spacial score (nSPS) is 14.2. The molecule has 6 heteroatoms. The standard InChI is InChI=1S/C24H33N3O3/c1-5-26(6-2)21(18-10-8-7-9-11-18)16-25-24(28)27-13-12-19-14-22(29-3)23(30-4)15-20(19)17-27/h7-11,14-15,21H,5-6,12-13,16-17H2,1-4H3,(H,25,28). The first-order valence-corrected chi connectivity index (χ1v) is 10.7. The van der Waals surface area contributed by atoms with Crippen molar-refractivity contribution >= 4 is 6.03 Å². The predicted molar refractivity (Wildman–Crippen MR) is 119 cm³/mol. The van der Waals surface area contributed by atoms with Crippen LogP contribution < -0.4 is 14.8 Å². The van der Waals surface area contributed by atoms with E-state index in [9.17, 15) is 4.79 Å². The number of methoxy groups -OCH3 is 2. The molecule has 0 aliphatic carbocycles. The molecule has 1 atom stereocenters. The molecule has 30 heavy (non-hydrogen) atoms. The van der Waals surface area contributed by atoms with E-state index in [2.05, 4.69) is 48.3 Å².